The molecule has 3 rings (SSSR count). The van der Waals surface area contributed by atoms with Gasteiger partial charge in [0, 0.05) is 0 Å². The van der Waals surface area contributed by atoms with E-state index in [9.17, 15) is 13.2 Å². The second-order valence-electron chi connectivity index (χ2n) is 4.65. The van der Waals surface area contributed by atoms with Crippen LogP contribution in [0.15, 0.2) is 65.6 Å². The Morgan fingerprint density at radius 2 is 1.62 bits per heavy atom. The normalized spacial score (nSPS) is 16.4. The Balaban J connectivity index is 1.85. The van der Waals surface area contributed by atoms with Gasteiger partial charge >= 0.3 is 0 Å². The van der Waals surface area contributed by atoms with Gasteiger partial charge in [0.1, 0.15) is 4.90 Å². The summed E-state index contributed by atoms with van der Waals surface area (Å²) >= 11 is 0. The molecule has 21 heavy (non-hydrogen) atoms. The summed E-state index contributed by atoms with van der Waals surface area (Å²) in [4.78, 5) is 12.3. The Morgan fingerprint density at radius 1 is 0.952 bits per heavy atom. The number of hydrogen-bond acceptors (Lipinski definition) is 3. The molecular weight excluding hydrogens is 286 g/mol. The molecule has 1 heterocycles. The molecular formula is C16H13NO3S. The number of sulfonamides is 1. The van der Waals surface area contributed by atoms with Crippen molar-refractivity contribution < 1.29 is 13.2 Å². The summed E-state index contributed by atoms with van der Waals surface area (Å²) in [6.45, 7) is 0.0325. The molecule has 0 aromatic heterocycles. The summed E-state index contributed by atoms with van der Waals surface area (Å²) < 4.78 is 25.5. The highest BCUT2D eigenvalue weighted by atomic mass is 32.2. The molecule has 5 heteroatoms. The first-order chi connectivity index (χ1) is 10.1. The first-order valence-electron chi connectivity index (χ1n) is 6.48. The second kappa shape index (κ2) is 5.18. The van der Waals surface area contributed by atoms with Crippen LogP contribution in [0.4, 0.5) is 0 Å². The molecule has 2 aromatic carbocycles. The van der Waals surface area contributed by atoms with Crippen LogP contribution >= 0.6 is 0 Å². The maximum atomic E-state index is 12.3. The van der Waals surface area contributed by atoms with E-state index in [2.05, 4.69) is 0 Å². The van der Waals surface area contributed by atoms with E-state index in [1.54, 1.807) is 24.3 Å². The number of hydrogen-bond donors (Lipinski definition) is 0. The van der Waals surface area contributed by atoms with Crippen molar-refractivity contribution in [3.05, 3.63) is 71.8 Å². The first kappa shape index (κ1) is 13.6. The minimum absolute atomic E-state index is 0.0325. The molecule has 0 saturated carbocycles. The average Bonchev–Trinajstić information content (AvgIpc) is 2.70. The van der Waals surface area contributed by atoms with E-state index >= 15 is 0 Å². The smallest absolute Gasteiger partial charge is 0.268 e. The molecule has 1 amide bonds. The van der Waals surface area contributed by atoms with Crippen molar-refractivity contribution in [3.8, 4) is 0 Å². The molecule has 0 spiro atoms. The van der Waals surface area contributed by atoms with Crippen molar-refractivity contribution in [2.75, 3.05) is 6.54 Å². The largest absolute Gasteiger partial charge is 0.269 e. The molecule has 0 radical (unpaired) electrons. The zero-order valence-electron chi connectivity index (χ0n) is 11.1. The van der Waals surface area contributed by atoms with Crippen LogP contribution in [-0.4, -0.2) is 25.2 Å². The Kier molecular flexibility index (Phi) is 3.35. The van der Waals surface area contributed by atoms with E-state index in [0.29, 0.717) is 0 Å². The van der Waals surface area contributed by atoms with Crippen LogP contribution in [0.1, 0.15) is 15.9 Å². The number of fused-ring (bicyclic) bond motifs is 1. The van der Waals surface area contributed by atoms with Crippen LogP contribution in [0.2, 0.25) is 0 Å². The highest BCUT2D eigenvalue weighted by Crippen LogP contribution is 2.29. The van der Waals surface area contributed by atoms with Gasteiger partial charge in [0.15, 0.2) is 0 Å². The lowest BCUT2D eigenvalue weighted by molar-refractivity contribution is 0.0881. The van der Waals surface area contributed by atoms with Gasteiger partial charge in [-0.1, -0.05) is 54.6 Å². The fraction of sp³-hybridized carbons (Fsp3) is 0.0625. The van der Waals surface area contributed by atoms with E-state index < -0.39 is 15.9 Å². The van der Waals surface area contributed by atoms with Gasteiger partial charge in [-0.2, -0.15) is 0 Å². The Hall–Kier alpha value is -2.40. The highest BCUT2D eigenvalue weighted by molar-refractivity contribution is 7.90. The van der Waals surface area contributed by atoms with Gasteiger partial charge < -0.3 is 0 Å². The lowest BCUT2D eigenvalue weighted by Crippen LogP contribution is -2.30. The minimum Gasteiger partial charge on any atom is -0.268 e. The van der Waals surface area contributed by atoms with Crippen LogP contribution in [0, 0.1) is 0 Å². The van der Waals surface area contributed by atoms with E-state index in [4.69, 9.17) is 0 Å². The average molecular weight is 299 g/mol. The first-order valence-corrected chi connectivity index (χ1v) is 7.92. The molecule has 106 valence electrons. The molecule has 0 unspecified atom stereocenters. The monoisotopic (exact) mass is 299 g/mol. The van der Waals surface area contributed by atoms with Crippen LogP contribution in [0.3, 0.4) is 0 Å². The summed E-state index contributed by atoms with van der Waals surface area (Å²) in [5, 5.41) is 0. The molecule has 1 aliphatic heterocycles. The summed E-state index contributed by atoms with van der Waals surface area (Å²) in [6, 6.07) is 15.8. The van der Waals surface area contributed by atoms with Gasteiger partial charge in [-0.05, 0) is 17.7 Å². The number of carbonyl (C=O) groups is 1. The minimum atomic E-state index is -3.72. The number of nitrogens with zero attached hydrogens (tertiary/aromatic N) is 1. The van der Waals surface area contributed by atoms with Crippen LogP contribution in [-0.2, 0) is 10.0 Å². The van der Waals surface area contributed by atoms with Crippen LogP contribution in [0.25, 0.3) is 6.08 Å². The quantitative estimate of drug-likeness (QED) is 0.875. The van der Waals surface area contributed by atoms with E-state index in [-0.39, 0.29) is 17.0 Å². The summed E-state index contributed by atoms with van der Waals surface area (Å²) in [5.41, 5.74) is 1.20. The number of rotatable bonds is 3. The standard InChI is InChI=1S/C16H13NO3S/c18-16-14-10-4-5-11-15(14)21(19,20)17(16)12-6-9-13-7-2-1-3-8-13/h1-11H,12H2. The molecule has 0 N–H and O–H groups in total. The lowest BCUT2D eigenvalue weighted by Gasteiger charge is -2.12. The topological polar surface area (TPSA) is 54.5 Å². The van der Waals surface area contributed by atoms with Gasteiger partial charge in [-0.25, -0.2) is 12.7 Å². The SMILES string of the molecule is O=C1c2ccccc2S(=O)(=O)N1CC=Cc1ccccc1. The van der Waals surface area contributed by atoms with E-state index in [0.717, 1.165) is 9.87 Å². The van der Waals surface area contributed by atoms with Gasteiger partial charge in [0.25, 0.3) is 15.9 Å². The lowest BCUT2D eigenvalue weighted by atomic mass is 10.2. The van der Waals surface area contributed by atoms with Gasteiger partial charge in [-0.3, -0.25) is 4.79 Å². The van der Waals surface area contributed by atoms with Crippen molar-refractivity contribution in [1.82, 2.24) is 4.31 Å². The number of amides is 1. The molecule has 4 nitrogen and oxygen atoms in total. The van der Waals surface area contributed by atoms with Crippen molar-refractivity contribution in [3.63, 3.8) is 0 Å². The van der Waals surface area contributed by atoms with Crippen molar-refractivity contribution in [1.29, 1.82) is 0 Å². The molecule has 0 bridgehead atoms. The Labute approximate surface area is 123 Å². The van der Waals surface area contributed by atoms with Crippen molar-refractivity contribution in [2.45, 2.75) is 4.90 Å². The summed E-state index contributed by atoms with van der Waals surface area (Å²) in [6.07, 6.45) is 3.47. The molecule has 0 saturated heterocycles. The zero-order valence-corrected chi connectivity index (χ0v) is 12.0. The second-order valence-corrected chi connectivity index (χ2v) is 6.48. The van der Waals surface area contributed by atoms with Gasteiger partial charge in [0.05, 0.1) is 12.1 Å². The maximum absolute atomic E-state index is 12.3. The fourth-order valence-corrected chi connectivity index (χ4v) is 3.78. The van der Waals surface area contributed by atoms with E-state index in [1.807, 2.05) is 30.3 Å². The third-order valence-corrected chi connectivity index (χ3v) is 5.10. The van der Waals surface area contributed by atoms with Crippen LogP contribution < -0.4 is 0 Å². The number of benzene rings is 2. The Bertz CT molecular complexity index is 810. The molecule has 0 fully saturated rings. The third kappa shape index (κ3) is 2.36. The van der Waals surface area contributed by atoms with E-state index in [1.165, 1.54) is 12.1 Å². The van der Waals surface area contributed by atoms with Crippen molar-refractivity contribution >= 4 is 22.0 Å². The Morgan fingerprint density at radius 3 is 2.33 bits per heavy atom. The zero-order chi connectivity index (χ0) is 14.9. The summed E-state index contributed by atoms with van der Waals surface area (Å²) in [5.74, 6) is -0.469. The third-order valence-electron chi connectivity index (χ3n) is 3.29. The fourth-order valence-electron chi connectivity index (χ4n) is 2.26. The number of carbonyl (C=O) groups excluding carboxylic acids is 1. The van der Waals surface area contributed by atoms with Gasteiger partial charge in [0.2, 0.25) is 0 Å². The summed E-state index contributed by atoms with van der Waals surface area (Å²) in [7, 11) is -3.72. The molecule has 1 aliphatic rings. The predicted octanol–water partition coefficient (Wildman–Crippen LogP) is 2.54. The van der Waals surface area contributed by atoms with Crippen LogP contribution in [0.5, 0.6) is 0 Å². The predicted molar refractivity (Wildman–Crippen MR) is 80.1 cm³/mol. The molecule has 2 aromatic rings. The molecule has 0 aliphatic carbocycles. The highest BCUT2D eigenvalue weighted by Gasteiger charge is 2.39. The maximum Gasteiger partial charge on any atom is 0.269 e. The molecule has 0 atom stereocenters. The van der Waals surface area contributed by atoms with Crippen molar-refractivity contribution in [2.24, 2.45) is 0 Å². The van der Waals surface area contributed by atoms with Gasteiger partial charge in [-0.15, -0.1) is 0 Å².